The fraction of sp³-hybridized carbons (Fsp3) is 0.0625. The number of anilines is 1. The van der Waals surface area contributed by atoms with Crippen LogP contribution in [0.25, 0.3) is 0 Å². The predicted octanol–water partition coefficient (Wildman–Crippen LogP) is 2.70. The van der Waals surface area contributed by atoms with Gasteiger partial charge >= 0.3 is 5.97 Å². The summed E-state index contributed by atoms with van der Waals surface area (Å²) in [5.74, 6) is -0.422. The minimum absolute atomic E-state index is 0.0182. The molecule has 0 bridgehead atoms. The molecule has 9 heteroatoms. The van der Waals surface area contributed by atoms with Crippen molar-refractivity contribution >= 4 is 40.9 Å². The van der Waals surface area contributed by atoms with E-state index in [1.54, 1.807) is 36.4 Å². The van der Waals surface area contributed by atoms with E-state index in [2.05, 4.69) is 20.6 Å². The molecule has 25 heavy (non-hydrogen) atoms. The predicted molar refractivity (Wildman–Crippen MR) is 97.8 cm³/mol. The van der Waals surface area contributed by atoms with Gasteiger partial charge in [-0.05, 0) is 36.5 Å². The van der Waals surface area contributed by atoms with Crippen LogP contribution in [-0.2, 0) is 4.74 Å². The Morgan fingerprint density at radius 2 is 2.00 bits per heavy atom. The second kappa shape index (κ2) is 8.50. The first-order valence-electron chi connectivity index (χ1n) is 7.02. The lowest BCUT2D eigenvalue weighted by atomic mass is 10.2. The summed E-state index contributed by atoms with van der Waals surface area (Å²) in [7, 11) is 1.31. The van der Waals surface area contributed by atoms with Gasteiger partial charge in [-0.15, -0.1) is 0 Å². The molecule has 0 unspecified atom stereocenters. The van der Waals surface area contributed by atoms with E-state index in [-0.39, 0.29) is 10.8 Å². The van der Waals surface area contributed by atoms with E-state index in [0.29, 0.717) is 16.8 Å². The van der Waals surface area contributed by atoms with Crippen molar-refractivity contribution < 1.29 is 14.5 Å². The Labute approximate surface area is 148 Å². The molecule has 2 N–H and O–H groups in total. The molecule has 0 aliphatic rings. The van der Waals surface area contributed by atoms with Gasteiger partial charge in [0.2, 0.25) is 0 Å². The van der Waals surface area contributed by atoms with Gasteiger partial charge in [0.05, 0.1) is 23.8 Å². The Kier molecular flexibility index (Phi) is 6.13. The number of nitro benzene ring substituents is 1. The minimum Gasteiger partial charge on any atom is -0.465 e. The summed E-state index contributed by atoms with van der Waals surface area (Å²) in [6.07, 6.45) is 1.42. The Hall–Kier alpha value is -3.33. The number of carbonyl (C=O) groups excluding carboxylic acids is 1. The molecule has 0 saturated carbocycles. The summed E-state index contributed by atoms with van der Waals surface area (Å²) in [4.78, 5) is 21.6. The third kappa shape index (κ3) is 5.36. The van der Waals surface area contributed by atoms with Gasteiger partial charge in [0.1, 0.15) is 0 Å². The van der Waals surface area contributed by atoms with Crippen molar-refractivity contribution in [3.63, 3.8) is 0 Å². The number of nitro groups is 1. The van der Waals surface area contributed by atoms with Crippen LogP contribution in [0.4, 0.5) is 11.4 Å². The number of thiocarbonyl (C=S) groups is 1. The van der Waals surface area contributed by atoms with Gasteiger partial charge < -0.3 is 10.1 Å². The average molecular weight is 358 g/mol. The molecule has 8 nitrogen and oxygen atoms in total. The number of esters is 1. The van der Waals surface area contributed by atoms with E-state index < -0.39 is 10.9 Å². The summed E-state index contributed by atoms with van der Waals surface area (Å²) in [6, 6.07) is 12.6. The molecular weight excluding hydrogens is 344 g/mol. The number of carbonyl (C=O) groups is 1. The first kappa shape index (κ1) is 18.0. The number of nitrogens with one attached hydrogen (secondary N) is 2. The number of hydrogen-bond acceptors (Lipinski definition) is 6. The van der Waals surface area contributed by atoms with Gasteiger partial charge in [0.15, 0.2) is 5.11 Å². The number of ether oxygens (including phenoxy) is 1. The lowest BCUT2D eigenvalue weighted by Crippen LogP contribution is -2.23. The highest BCUT2D eigenvalue weighted by molar-refractivity contribution is 7.80. The topological polar surface area (TPSA) is 106 Å². The standard InChI is InChI=1S/C16H14N4O4S/c1-24-15(21)12-5-7-13(8-6-12)18-16(25)19-17-10-11-3-2-4-14(9-11)20(22)23/h2-10H,1H3,(H2,18,19,25)/b17-10-. The third-order valence-electron chi connectivity index (χ3n) is 3.02. The number of rotatable bonds is 5. The van der Waals surface area contributed by atoms with Crippen LogP contribution < -0.4 is 10.7 Å². The van der Waals surface area contributed by atoms with Gasteiger partial charge in [-0.2, -0.15) is 5.10 Å². The Bertz CT molecular complexity index is 821. The van der Waals surface area contributed by atoms with Crippen molar-refractivity contribution in [2.45, 2.75) is 0 Å². The maximum Gasteiger partial charge on any atom is 0.337 e. The first-order chi connectivity index (χ1) is 12.0. The van der Waals surface area contributed by atoms with E-state index in [9.17, 15) is 14.9 Å². The molecule has 0 aliphatic carbocycles. The lowest BCUT2D eigenvalue weighted by Gasteiger charge is -2.07. The molecule has 128 valence electrons. The zero-order valence-corrected chi connectivity index (χ0v) is 13.9. The number of hydrazone groups is 1. The fourth-order valence-corrected chi connectivity index (χ4v) is 2.02. The highest BCUT2D eigenvalue weighted by Crippen LogP contribution is 2.12. The summed E-state index contributed by atoms with van der Waals surface area (Å²) in [5, 5.41) is 17.7. The van der Waals surface area contributed by atoms with E-state index in [4.69, 9.17) is 12.2 Å². The number of methoxy groups -OCH3 is 1. The minimum atomic E-state index is -0.477. The molecule has 0 aliphatic heterocycles. The van der Waals surface area contributed by atoms with Gasteiger partial charge in [-0.25, -0.2) is 4.79 Å². The van der Waals surface area contributed by atoms with Gasteiger partial charge in [0.25, 0.3) is 5.69 Å². The maximum atomic E-state index is 11.3. The molecule has 0 radical (unpaired) electrons. The summed E-state index contributed by atoms with van der Waals surface area (Å²) in [6.45, 7) is 0. The zero-order chi connectivity index (χ0) is 18.2. The molecule has 0 amide bonds. The molecule has 2 rings (SSSR count). The molecule has 0 spiro atoms. The lowest BCUT2D eigenvalue weighted by molar-refractivity contribution is -0.384. The molecule has 0 saturated heterocycles. The van der Waals surface area contributed by atoms with Gasteiger partial charge in [-0.1, -0.05) is 12.1 Å². The maximum absolute atomic E-state index is 11.3. The molecule has 0 atom stereocenters. The van der Waals surface area contributed by atoms with Crippen LogP contribution in [0.15, 0.2) is 53.6 Å². The van der Waals surface area contributed by atoms with Crippen molar-refractivity contribution in [2.24, 2.45) is 5.10 Å². The van der Waals surface area contributed by atoms with Crippen LogP contribution in [0.2, 0.25) is 0 Å². The number of hydrogen-bond donors (Lipinski definition) is 2. The average Bonchev–Trinajstić information content (AvgIpc) is 2.62. The van der Waals surface area contributed by atoms with Crippen molar-refractivity contribution in [3.8, 4) is 0 Å². The molecule has 0 fully saturated rings. The molecule has 0 heterocycles. The summed E-state index contributed by atoms with van der Waals surface area (Å²) >= 11 is 5.09. The number of nitrogens with zero attached hydrogens (tertiary/aromatic N) is 2. The van der Waals surface area contributed by atoms with Crippen molar-refractivity contribution in [1.82, 2.24) is 5.43 Å². The largest absolute Gasteiger partial charge is 0.465 e. The molecular formula is C16H14N4O4S. The highest BCUT2D eigenvalue weighted by Gasteiger charge is 2.05. The normalized spacial score (nSPS) is 10.3. The Morgan fingerprint density at radius 3 is 2.64 bits per heavy atom. The van der Waals surface area contributed by atoms with Gasteiger partial charge in [-0.3, -0.25) is 15.5 Å². The summed E-state index contributed by atoms with van der Waals surface area (Å²) in [5.41, 5.74) is 4.24. The first-order valence-corrected chi connectivity index (χ1v) is 7.43. The van der Waals surface area contributed by atoms with E-state index in [1.807, 2.05) is 0 Å². The van der Waals surface area contributed by atoms with Crippen LogP contribution >= 0.6 is 12.2 Å². The zero-order valence-electron chi connectivity index (χ0n) is 13.1. The second-order valence-corrected chi connectivity index (χ2v) is 5.15. The van der Waals surface area contributed by atoms with Crippen molar-refractivity contribution in [3.05, 3.63) is 69.8 Å². The van der Waals surface area contributed by atoms with E-state index in [1.165, 1.54) is 25.5 Å². The van der Waals surface area contributed by atoms with Crippen LogP contribution in [-0.4, -0.2) is 29.3 Å². The third-order valence-corrected chi connectivity index (χ3v) is 3.22. The van der Waals surface area contributed by atoms with Crippen LogP contribution in [0.1, 0.15) is 15.9 Å². The van der Waals surface area contributed by atoms with Crippen molar-refractivity contribution in [1.29, 1.82) is 0 Å². The van der Waals surface area contributed by atoms with Crippen LogP contribution in [0.3, 0.4) is 0 Å². The van der Waals surface area contributed by atoms with Gasteiger partial charge in [0, 0.05) is 23.4 Å². The molecule has 2 aromatic carbocycles. The second-order valence-electron chi connectivity index (χ2n) is 4.75. The van der Waals surface area contributed by atoms with Crippen molar-refractivity contribution in [2.75, 3.05) is 12.4 Å². The molecule has 0 aromatic heterocycles. The Morgan fingerprint density at radius 1 is 1.28 bits per heavy atom. The fourth-order valence-electron chi connectivity index (χ4n) is 1.85. The van der Waals surface area contributed by atoms with Crippen LogP contribution in [0.5, 0.6) is 0 Å². The highest BCUT2D eigenvalue weighted by atomic mass is 32.1. The van der Waals surface area contributed by atoms with Crippen LogP contribution in [0, 0.1) is 10.1 Å². The quantitative estimate of drug-likeness (QED) is 0.278. The number of non-ortho nitro benzene ring substituents is 1. The Balaban J connectivity index is 1.91. The SMILES string of the molecule is COC(=O)c1ccc(NC(=S)N/N=C\c2cccc([N+](=O)[O-])c2)cc1. The van der Waals surface area contributed by atoms with E-state index >= 15 is 0 Å². The monoisotopic (exact) mass is 358 g/mol. The summed E-state index contributed by atoms with van der Waals surface area (Å²) < 4.78 is 4.62. The molecule has 2 aromatic rings. The van der Waals surface area contributed by atoms with E-state index in [0.717, 1.165) is 0 Å². The number of benzene rings is 2. The smallest absolute Gasteiger partial charge is 0.337 e.